The number of nitrogens with one attached hydrogen (secondary N) is 1. The molecule has 0 radical (unpaired) electrons. The molecule has 1 saturated heterocycles. The van der Waals surface area contributed by atoms with Crippen LogP contribution in [0.3, 0.4) is 0 Å². The molecule has 4 heteroatoms. The van der Waals surface area contributed by atoms with Crippen molar-refractivity contribution in [2.75, 3.05) is 16.8 Å². The predicted molar refractivity (Wildman–Crippen MR) is 80.8 cm³/mol. The van der Waals surface area contributed by atoms with Crippen molar-refractivity contribution in [3.05, 3.63) is 48.3 Å². The lowest BCUT2D eigenvalue weighted by atomic mass is 10.2. The minimum absolute atomic E-state index is 0.231. The van der Waals surface area contributed by atoms with Gasteiger partial charge in [0, 0.05) is 43.3 Å². The number of rotatable bonds is 4. The lowest BCUT2D eigenvalue weighted by Gasteiger charge is -2.16. The Morgan fingerprint density at radius 1 is 1.20 bits per heavy atom. The number of nitrogens with zero attached hydrogens (tertiary/aromatic N) is 2. The maximum absolute atomic E-state index is 11.7. The summed E-state index contributed by atoms with van der Waals surface area (Å²) in [4.78, 5) is 13.5. The summed E-state index contributed by atoms with van der Waals surface area (Å²) in [5.74, 6) is 0.231. The molecule has 0 saturated carbocycles. The highest BCUT2D eigenvalue weighted by Gasteiger charge is 2.21. The zero-order valence-corrected chi connectivity index (χ0v) is 11.7. The Kier molecular flexibility index (Phi) is 3.46. The molecule has 1 amide bonds. The molecule has 4 nitrogen and oxygen atoms in total. The number of hydrogen-bond acceptors (Lipinski definition) is 2. The van der Waals surface area contributed by atoms with E-state index in [2.05, 4.69) is 16.0 Å². The zero-order chi connectivity index (χ0) is 13.9. The topological polar surface area (TPSA) is 37.3 Å². The summed E-state index contributed by atoms with van der Waals surface area (Å²) in [5.41, 5.74) is 3.31. The fourth-order valence-electron chi connectivity index (χ4n) is 2.55. The molecule has 104 valence electrons. The van der Waals surface area contributed by atoms with Gasteiger partial charge in [0.25, 0.3) is 0 Å². The van der Waals surface area contributed by atoms with Gasteiger partial charge in [-0.1, -0.05) is 0 Å². The number of carbonyl (C=O) groups is 1. The second-order valence-corrected chi connectivity index (χ2v) is 5.16. The first-order chi connectivity index (χ1) is 9.74. The van der Waals surface area contributed by atoms with E-state index in [4.69, 9.17) is 0 Å². The van der Waals surface area contributed by atoms with Crippen LogP contribution in [0.25, 0.3) is 0 Å². The first kappa shape index (κ1) is 12.8. The SMILES string of the molecule is Cn1cccc1CNc1ccc(N2CCCC2=O)cc1. The molecule has 0 bridgehead atoms. The number of aryl methyl sites for hydroxylation is 1. The second kappa shape index (κ2) is 5.41. The monoisotopic (exact) mass is 269 g/mol. The van der Waals surface area contributed by atoms with Gasteiger partial charge >= 0.3 is 0 Å². The van der Waals surface area contributed by atoms with Crippen molar-refractivity contribution >= 4 is 17.3 Å². The molecule has 0 aliphatic carbocycles. The maximum Gasteiger partial charge on any atom is 0.227 e. The average Bonchev–Trinajstić information content (AvgIpc) is 3.06. The first-order valence-electron chi connectivity index (χ1n) is 6.98. The van der Waals surface area contributed by atoms with Gasteiger partial charge in [-0.25, -0.2) is 0 Å². The molecule has 0 spiro atoms. The molecule has 3 rings (SSSR count). The van der Waals surface area contributed by atoms with Gasteiger partial charge < -0.3 is 14.8 Å². The van der Waals surface area contributed by atoms with Crippen LogP contribution in [0.15, 0.2) is 42.6 Å². The number of carbonyl (C=O) groups excluding carboxylic acids is 1. The largest absolute Gasteiger partial charge is 0.379 e. The molecule has 1 fully saturated rings. The van der Waals surface area contributed by atoms with Crippen molar-refractivity contribution in [3.63, 3.8) is 0 Å². The second-order valence-electron chi connectivity index (χ2n) is 5.16. The lowest BCUT2D eigenvalue weighted by Crippen LogP contribution is -2.23. The summed E-state index contributed by atoms with van der Waals surface area (Å²) in [6.07, 6.45) is 3.68. The van der Waals surface area contributed by atoms with Gasteiger partial charge in [0.1, 0.15) is 0 Å². The van der Waals surface area contributed by atoms with Crippen molar-refractivity contribution in [3.8, 4) is 0 Å². The fraction of sp³-hybridized carbons (Fsp3) is 0.312. The molecule has 0 unspecified atom stereocenters. The van der Waals surface area contributed by atoms with E-state index in [1.54, 1.807) is 0 Å². The molecule has 20 heavy (non-hydrogen) atoms. The minimum atomic E-state index is 0.231. The predicted octanol–water partition coefficient (Wildman–Crippen LogP) is 2.76. The highest BCUT2D eigenvalue weighted by molar-refractivity contribution is 5.95. The molecule has 1 aliphatic rings. The highest BCUT2D eigenvalue weighted by atomic mass is 16.2. The van der Waals surface area contributed by atoms with Crippen molar-refractivity contribution in [1.29, 1.82) is 0 Å². The smallest absolute Gasteiger partial charge is 0.227 e. The molecule has 2 heterocycles. The van der Waals surface area contributed by atoms with Crippen LogP contribution >= 0.6 is 0 Å². The van der Waals surface area contributed by atoms with E-state index in [1.165, 1.54) is 5.69 Å². The van der Waals surface area contributed by atoms with E-state index in [0.717, 1.165) is 30.9 Å². The lowest BCUT2D eigenvalue weighted by molar-refractivity contribution is -0.117. The third-order valence-corrected chi connectivity index (χ3v) is 3.78. The van der Waals surface area contributed by atoms with Crippen LogP contribution in [0.4, 0.5) is 11.4 Å². The van der Waals surface area contributed by atoms with Gasteiger partial charge in [-0.2, -0.15) is 0 Å². The Morgan fingerprint density at radius 3 is 2.60 bits per heavy atom. The molecule has 2 aromatic rings. The number of anilines is 2. The van der Waals surface area contributed by atoms with Crippen molar-refractivity contribution in [2.24, 2.45) is 7.05 Å². The van der Waals surface area contributed by atoms with Gasteiger partial charge in [-0.3, -0.25) is 4.79 Å². The number of hydrogen-bond donors (Lipinski definition) is 1. The molecule has 1 aliphatic heterocycles. The van der Waals surface area contributed by atoms with Crippen molar-refractivity contribution in [2.45, 2.75) is 19.4 Å². The first-order valence-corrected chi connectivity index (χ1v) is 6.98. The standard InChI is InChI=1S/C16H19N3O/c1-18-10-2-4-15(18)12-17-13-6-8-14(9-7-13)19-11-3-5-16(19)20/h2,4,6-10,17H,3,5,11-12H2,1H3. The Balaban J connectivity index is 1.64. The van der Waals surface area contributed by atoms with Gasteiger partial charge in [0.2, 0.25) is 5.91 Å². The van der Waals surface area contributed by atoms with Crippen molar-refractivity contribution in [1.82, 2.24) is 4.57 Å². The van der Waals surface area contributed by atoms with E-state index in [9.17, 15) is 4.79 Å². The highest BCUT2D eigenvalue weighted by Crippen LogP contribution is 2.23. The summed E-state index contributed by atoms with van der Waals surface area (Å²) in [6.45, 7) is 1.64. The molecular formula is C16H19N3O. The Morgan fingerprint density at radius 2 is 2.00 bits per heavy atom. The Bertz CT molecular complexity index is 600. The van der Waals surface area contributed by atoms with E-state index in [0.29, 0.717) is 6.42 Å². The third kappa shape index (κ3) is 2.54. The normalized spacial score (nSPS) is 14.8. The average molecular weight is 269 g/mol. The van der Waals surface area contributed by atoms with Crippen LogP contribution in [0, 0.1) is 0 Å². The van der Waals surface area contributed by atoms with E-state index >= 15 is 0 Å². The van der Waals surface area contributed by atoms with E-state index in [-0.39, 0.29) is 5.91 Å². The van der Waals surface area contributed by atoms with Gasteiger partial charge in [-0.05, 0) is 42.8 Å². The van der Waals surface area contributed by atoms with E-state index < -0.39 is 0 Å². The van der Waals surface area contributed by atoms with E-state index in [1.807, 2.05) is 48.5 Å². The maximum atomic E-state index is 11.7. The third-order valence-electron chi connectivity index (χ3n) is 3.78. The summed E-state index contributed by atoms with van der Waals surface area (Å²) >= 11 is 0. The summed E-state index contributed by atoms with van der Waals surface area (Å²) in [5, 5.41) is 3.39. The number of aromatic nitrogens is 1. The molecule has 1 aromatic carbocycles. The van der Waals surface area contributed by atoms with Gasteiger partial charge in [0.15, 0.2) is 0 Å². The molecule has 0 atom stereocenters. The van der Waals surface area contributed by atoms with Crippen molar-refractivity contribution < 1.29 is 4.79 Å². The van der Waals surface area contributed by atoms with Gasteiger partial charge in [-0.15, -0.1) is 0 Å². The number of benzene rings is 1. The molecule has 1 N–H and O–H groups in total. The van der Waals surface area contributed by atoms with Crippen LogP contribution in [0.5, 0.6) is 0 Å². The van der Waals surface area contributed by atoms with Gasteiger partial charge in [0.05, 0.1) is 6.54 Å². The fourth-order valence-corrected chi connectivity index (χ4v) is 2.55. The Hall–Kier alpha value is -2.23. The number of amides is 1. The minimum Gasteiger partial charge on any atom is -0.379 e. The van der Waals surface area contributed by atoms with Crippen LogP contribution in [0.2, 0.25) is 0 Å². The van der Waals surface area contributed by atoms with Crippen LogP contribution < -0.4 is 10.2 Å². The Labute approximate surface area is 119 Å². The quantitative estimate of drug-likeness (QED) is 0.926. The van der Waals surface area contributed by atoms with Crippen LogP contribution in [-0.2, 0) is 18.4 Å². The summed E-state index contributed by atoms with van der Waals surface area (Å²) < 4.78 is 2.10. The zero-order valence-electron chi connectivity index (χ0n) is 11.7. The van der Waals surface area contributed by atoms with Crippen LogP contribution in [-0.4, -0.2) is 17.0 Å². The molecular weight excluding hydrogens is 250 g/mol. The summed E-state index contributed by atoms with van der Waals surface area (Å²) in [7, 11) is 2.04. The molecule has 1 aromatic heterocycles. The van der Waals surface area contributed by atoms with Crippen LogP contribution in [0.1, 0.15) is 18.5 Å². The summed E-state index contributed by atoms with van der Waals surface area (Å²) in [6, 6.07) is 12.2.